The zero-order chi connectivity index (χ0) is 25.0. The SMILES string of the molecule is Clc1cccc(NCCCN2CC=C(c3cccc4ccccc34)CC2)c1.O=C(O)C=CC(=O)O. The summed E-state index contributed by atoms with van der Waals surface area (Å²) >= 11 is 6.03. The highest BCUT2D eigenvalue weighted by atomic mass is 35.5. The number of nitrogens with zero attached hydrogens (tertiary/aromatic N) is 1. The number of benzene rings is 3. The quantitative estimate of drug-likeness (QED) is 0.272. The summed E-state index contributed by atoms with van der Waals surface area (Å²) in [5.41, 5.74) is 3.98. The molecule has 0 aromatic heterocycles. The second-order valence-corrected chi connectivity index (χ2v) is 8.54. The molecule has 0 bridgehead atoms. The molecule has 1 aliphatic heterocycles. The van der Waals surface area contributed by atoms with Crippen LogP contribution in [0, 0.1) is 0 Å². The monoisotopic (exact) mass is 492 g/mol. The molecule has 3 aromatic carbocycles. The van der Waals surface area contributed by atoms with Crippen molar-refractivity contribution in [3.05, 3.63) is 95.5 Å². The Morgan fingerprint density at radius 1 is 0.971 bits per heavy atom. The Labute approximate surface area is 210 Å². The van der Waals surface area contributed by atoms with Gasteiger partial charge in [0.25, 0.3) is 0 Å². The van der Waals surface area contributed by atoms with Gasteiger partial charge in [-0.05, 0) is 52.9 Å². The molecule has 6 nitrogen and oxygen atoms in total. The van der Waals surface area contributed by atoms with Crippen LogP contribution in [0.25, 0.3) is 16.3 Å². The molecule has 0 fully saturated rings. The van der Waals surface area contributed by atoms with Crippen LogP contribution in [-0.4, -0.2) is 53.2 Å². The van der Waals surface area contributed by atoms with E-state index in [4.69, 9.17) is 21.8 Å². The number of hydrogen-bond donors (Lipinski definition) is 3. The van der Waals surface area contributed by atoms with E-state index in [-0.39, 0.29) is 0 Å². The van der Waals surface area contributed by atoms with Crippen LogP contribution in [-0.2, 0) is 9.59 Å². The molecule has 0 radical (unpaired) electrons. The molecular formula is C28H29ClN2O4. The molecule has 0 aliphatic carbocycles. The van der Waals surface area contributed by atoms with Gasteiger partial charge in [-0.15, -0.1) is 0 Å². The average Bonchev–Trinajstić information content (AvgIpc) is 2.86. The fraction of sp³-hybridized carbons (Fsp3) is 0.214. The van der Waals surface area contributed by atoms with Crippen molar-refractivity contribution < 1.29 is 19.8 Å². The third kappa shape index (κ3) is 8.59. The van der Waals surface area contributed by atoms with E-state index < -0.39 is 11.9 Å². The number of aliphatic carboxylic acids is 2. The van der Waals surface area contributed by atoms with Crippen LogP contribution in [0.4, 0.5) is 5.69 Å². The van der Waals surface area contributed by atoms with E-state index in [0.717, 1.165) is 49.7 Å². The highest BCUT2D eigenvalue weighted by Gasteiger charge is 2.14. The Hall–Kier alpha value is -3.61. The lowest BCUT2D eigenvalue weighted by Crippen LogP contribution is -2.30. The van der Waals surface area contributed by atoms with Crippen LogP contribution >= 0.6 is 11.6 Å². The van der Waals surface area contributed by atoms with Crippen molar-refractivity contribution in [3.63, 3.8) is 0 Å². The number of rotatable bonds is 8. The molecule has 7 heteroatoms. The van der Waals surface area contributed by atoms with Gasteiger partial charge in [0, 0.05) is 49.0 Å². The molecule has 0 amide bonds. The highest BCUT2D eigenvalue weighted by Crippen LogP contribution is 2.29. The van der Waals surface area contributed by atoms with Crippen LogP contribution in [0.2, 0.25) is 5.02 Å². The molecule has 0 saturated heterocycles. The zero-order valence-corrected chi connectivity index (χ0v) is 20.1. The number of carboxylic acid groups (broad SMARTS) is 2. The lowest BCUT2D eigenvalue weighted by molar-refractivity contribution is -0.134. The number of carbonyl (C=O) groups is 2. The lowest BCUT2D eigenvalue weighted by Gasteiger charge is -2.27. The van der Waals surface area contributed by atoms with Gasteiger partial charge >= 0.3 is 11.9 Å². The van der Waals surface area contributed by atoms with E-state index in [2.05, 4.69) is 64.8 Å². The van der Waals surface area contributed by atoms with Crippen LogP contribution in [0.5, 0.6) is 0 Å². The van der Waals surface area contributed by atoms with Crippen LogP contribution in [0.3, 0.4) is 0 Å². The third-order valence-electron chi connectivity index (χ3n) is 5.60. The Balaban J connectivity index is 0.000000371. The van der Waals surface area contributed by atoms with Gasteiger partial charge in [-0.3, -0.25) is 4.90 Å². The average molecular weight is 493 g/mol. The largest absolute Gasteiger partial charge is 0.478 e. The second-order valence-electron chi connectivity index (χ2n) is 8.11. The summed E-state index contributed by atoms with van der Waals surface area (Å²) in [6.07, 6.45) is 5.78. The summed E-state index contributed by atoms with van der Waals surface area (Å²) in [5, 5.41) is 22.5. The van der Waals surface area contributed by atoms with E-state index in [9.17, 15) is 9.59 Å². The van der Waals surface area contributed by atoms with E-state index in [0.29, 0.717) is 12.2 Å². The summed E-state index contributed by atoms with van der Waals surface area (Å²) in [6.45, 7) is 4.26. The van der Waals surface area contributed by atoms with Gasteiger partial charge in [0.05, 0.1) is 0 Å². The Morgan fingerprint density at radius 2 is 1.69 bits per heavy atom. The first-order chi connectivity index (χ1) is 16.9. The predicted octanol–water partition coefficient (Wildman–Crippen LogP) is 5.80. The summed E-state index contributed by atoms with van der Waals surface area (Å²) in [7, 11) is 0. The molecule has 3 N–H and O–H groups in total. The number of halogens is 1. The smallest absolute Gasteiger partial charge is 0.328 e. The molecule has 182 valence electrons. The summed E-state index contributed by atoms with van der Waals surface area (Å²) < 4.78 is 0. The second kappa shape index (κ2) is 13.3. The maximum absolute atomic E-state index is 9.55. The highest BCUT2D eigenvalue weighted by molar-refractivity contribution is 6.30. The minimum atomic E-state index is -1.26. The molecule has 0 atom stereocenters. The van der Waals surface area contributed by atoms with Crippen molar-refractivity contribution in [2.45, 2.75) is 12.8 Å². The van der Waals surface area contributed by atoms with Gasteiger partial charge in [0.1, 0.15) is 0 Å². The van der Waals surface area contributed by atoms with Gasteiger partial charge in [-0.25, -0.2) is 9.59 Å². The Kier molecular flexibility index (Phi) is 9.90. The molecule has 0 saturated carbocycles. The molecule has 1 aliphatic rings. The maximum atomic E-state index is 9.55. The molecule has 1 heterocycles. The van der Waals surface area contributed by atoms with Crippen molar-refractivity contribution in [2.75, 3.05) is 31.5 Å². The van der Waals surface area contributed by atoms with Crippen LogP contribution in [0.15, 0.2) is 85.0 Å². The van der Waals surface area contributed by atoms with E-state index in [1.165, 1.54) is 21.9 Å². The molecule has 0 unspecified atom stereocenters. The molecular weight excluding hydrogens is 464 g/mol. The zero-order valence-electron chi connectivity index (χ0n) is 19.4. The van der Waals surface area contributed by atoms with Crippen molar-refractivity contribution in [2.24, 2.45) is 0 Å². The first kappa shape index (κ1) is 26.0. The van der Waals surface area contributed by atoms with Crippen molar-refractivity contribution in [3.8, 4) is 0 Å². The molecule has 35 heavy (non-hydrogen) atoms. The third-order valence-corrected chi connectivity index (χ3v) is 5.84. The van der Waals surface area contributed by atoms with E-state index in [1.807, 2.05) is 18.2 Å². The van der Waals surface area contributed by atoms with E-state index >= 15 is 0 Å². The van der Waals surface area contributed by atoms with Gasteiger partial charge in [-0.2, -0.15) is 0 Å². The molecule has 3 aromatic rings. The minimum Gasteiger partial charge on any atom is -0.478 e. The van der Waals surface area contributed by atoms with Gasteiger partial charge in [0.15, 0.2) is 0 Å². The minimum absolute atomic E-state index is 0.558. The fourth-order valence-electron chi connectivity index (χ4n) is 3.94. The van der Waals surface area contributed by atoms with Gasteiger partial charge in [-0.1, -0.05) is 66.2 Å². The number of nitrogens with one attached hydrogen (secondary N) is 1. The molecule has 4 rings (SSSR count). The number of fused-ring (bicyclic) bond motifs is 1. The molecule has 0 spiro atoms. The standard InChI is InChI=1S/C24H25ClN2.C4H4O4/c25-21-8-4-9-22(18-21)26-14-5-15-27-16-12-20(13-17-27)24-11-3-7-19-6-1-2-10-23(19)24;5-3(6)1-2-4(7)8/h1-4,6-12,18,26H,5,13-17H2;1-2H,(H,5,6)(H,7,8). The summed E-state index contributed by atoms with van der Waals surface area (Å²) in [4.78, 5) is 21.6. The van der Waals surface area contributed by atoms with Crippen molar-refractivity contribution in [1.82, 2.24) is 4.90 Å². The predicted molar refractivity (Wildman–Crippen MR) is 142 cm³/mol. The number of anilines is 1. The van der Waals surface area contributed by atoms with E-state index in [1.54, 1.807) is 0 Å². The van der Waals surface area contributed by atoms with Crippen molar-refractivity contribution in [1.29, 1.82) is 0 Å². The normalized spacial score (nSPS) is 13.7. The van der Waals surface area contributed by atoms with Crippen molar-refractivity contribution >= 4 is 45.6 Å². The summed E-state index contributed by atoms with van der Waals surface area (Å²) in [6, 6.07) is 23.2. The van der Waals surface area contributed by atoms with Crippen LogP contribution in [0.1, 0.15) is 18.4 Å². The topological polar surface area (TPSA) is 89.9 Å². The first-order valence-corrected chi connectivity index (χ1v) is 11.8. The summed E-state index contributed by atoms with van der Waals surface area (Å²) in [5.74, 6) is -2.51. The van der Waals surface area contributed by atoms with Gasteiger partial charge < -0.3 is 15.5 Å². The maximum Gasteiger partial charge on any atom is 0.328 e. The van der Waals surface area contributed by atoms with Crippen LogP contribution < -0.4 is 5.32 Å². The Morgan fingerprint density at radius 3 is 2.37 bits per heavy atom. The number of carboxylic acids is 2. The first-order valence-electron chi connectivity index (χ1n) is 11.5. The number of hydrogen-bond acceptors (Lipinski definition) is 4. The van der Waals surface area contributed by atoms with Gasteiger partial charge in [0.2, 0.25) is 0 Å². The Bertz CT molecular complexity index is 1200. The fourth-order valence-corrected chi connectivity index (χ4v) is 4.13. The lowest BCUT2D eigenvalue weighted by atomic mass is 9.94.